The van der Waals surface area contributed by atoms with Crippen LogP contribution in [-0.2, 0) is 27.9 Å². The maximum Gasteiger partial charge on any atom is 0.354 e. The predicted octanol–water partition coefficient (Wildman–Crippen LogP) is 2.27. The van der Waals surface area contributed by atoms with E-state index in [-0.39, 0.29) is 24.8 Å². The van der Waals surface area contributed by atoms with Gasteiger partial charge >= 0.3 is 5.97 Å². The summed E-state index contributed by atoms with van der Waals surface area (Å²) >= 11 is 0. The lowest BCUT2D eigenvalue weighted by molar-refractivity contribution is -0.137. The van der Waals surface area contributed by atoms with Crippen molar-refractivity contribution in [1.29, 1.82) is 0 Å². The molecule has 2 aromatic heterocycles. The Hall–Kier alpha value is -2.87. The summed E-state index contributed by atoms with van der Waals surface area (Å²) in [5.41, 5.74) is 1.88. The van der Waals surface area contributed by atoms with Gasteiger partial charge in [-0.3, -0.25) is 9.59 Å². The Labute approximate surface area is 164 Å². The Balaban J connectivity index is 2.42. The highest BCUT2D eigenvalue weighted by Gasteiger charge is 2.32. The smallest absolute Gasteiger partial charge is 0.354 e. The molecule has 152 valence electrons. The molecule has 0 N–H and O–H groups in total. The lowest BCUT2D eigenvalue weighted by atomic mass is 9.99. The van der Waals surface area contributed by atoms with Crippen LogP contribution in [0.25, 0.3) is 0 Å². The third kappa shape index (κ3) is 4.01. The first-order valence-electron chi connectivity index (χ1n) is 8.83. The molecule has 0 spiro atoms. The molecular formula is C20H26N2O6. The van der Waals surface area contributed by atoms with Crippen molar-refractivity contribution >= 4 is 17.7 Å². The fourth-order valence-electron chi connectivity index (χ4n) is 3.29. The van der Waals surface area contributed by atoms with E-state index in [4.69, 9.17) is 13.9 Å². The standard InChI is InChI=1S/C20H26N2O6/c1-12-17(13(2)21(4)18(12)20(25)27-6)19(24)14(3)22(16(23)11-26-5)10-15-8-7-9-28-15/h7-9,14H,10-11H2,1-6H3. The van der Waals surface area contributed by atoms with Crippen molar-refractivity contribution in [3.05, 3.63) is 46.7 Å². The summed E-state index contributed by atoms with van der Waals surface area (Å²) in [5, 5.41) is 0. The molecule has 8 nitrogen and oxygen atoms in total. The summed E-state index contributed by atoms with van der Waals surface area (Å²) in [6.45, 7) is 5.10. The van der Waals surface area contributed by atoms with Crippen LogP contribution in [0.4, 0.5) is 0 Å². The second-order valence-corrected chi connectivity index (χ2v) is 6.56. The Morgan fingerprint density at radius 2 is 1.93 bits per heavy atom. The summed E-state index contributed by atoms with van der Waals surface area (Å²) in [4.78, 5) is 39.4. The highest BCUT2D eigenvalue weighted by molar-refractivity contribution is 6.06. The Bertz CT molecular complexity index is 866. The molecule has 0 radical (unpaired) electrons. The number of carbonyl (C=O) groups is 3. The SMILES string of the molecule is COCC(=O)N(Cc1ccco1)C(C)C(=O)c1c(C)c(C(=O)OC)n(C)c1C. The Morgan fingerprint density at radius 3 is 2.46 bits per heavy atom. The van der Waals surface area contributed by atoms with Crippen molar-refractivity contribution in [2.75, 3.05) is 20.8 Å². The molecule has 1 atom stereocenters. The lowest BCUT2D eigenvalue weighted by Gasteiger charge is -2.27. The predicted molar refractivity (Wildman–Crippen MR) is 101 cm³/mol. The minimum absolute atomic E-state index is 0.136. The number of methoxy groups -OCH3 is 2. The molecule has 8 heteroatoms. The molecule has 0 bridgehead atoms. The molecule has 0 fully saturated rings. The number of ether oxygens (including phenoxy) is 2. The van der Waals surface area contributed by atoms with Gasteiger partial charge in [-0.05, 0) is 38.5 Å². The number of Topliss-reactive ketones (excluding diaryl/α,β-unsaturated/α-hetero) is 1. The van der Waals surface area contributed by atoms with Crippen molar-refractivity contribution in [3.8, 4) is 0 Å². The minimum atomic E-state index is -0.780. The number of aromatic nitrogens is 1. The molecule has 0 aromatic carbocycles. The van der Waals surface area contributed by atoms with Gasteiger partial charge in [0, 0.05) is 25.4 Å². The largest absolute Gasteiger partial charge is 0.467 e. The van der Waals surface area contributed by atoms with E-state index in [1.165, 1.54) is 25.4 Å². The highest BCUT2D eigenvalue weighted by Crippen LogP contribution is 2.25. The quantitative estimate of drug-likeness (QED) is 0.507. The van der Waals surface area contributed by atoms with Crippen LogP contribution >= 0.6 is 0 Å². The van der Waals surface area contributed by atoms with E-state index in [0.29, 0.717) is 28.3 Å². The van der Waals surface area contributed by atoms with Crippen LogP contribution in [0, 0.1) is 13.8 Å². The number of ketones is 1. The Kier molecular flexibility index (Phi) is 6.80. The number of nitrogens with zero attached hydrogens (tertiary/aromatic N) is 2. The monoisotopic (exact) mass is 390 g/mol. The van der Waals surface area contributed by atoms with Gasteiger partial charge in [0.2, 0.25) is 5.91 Å². The van der Waals surface area contributed by atoms with Gasteiger partial charge in [-0.15, -0.1) is 0 Å². The molecular weight excluding hydrogens is 364 g/mol. The first kappa shape index (κ1) is 21.4. The van der Waals surface area contributed by atoms with E-state index in [2.05, 4.69) is 0 Å². The molecule has 2 heterocycles. The maximum absolute atomic E-state index is 13.3. The molecule has 0 aliphatic carbocycles. The number of hydrogen-bond acceptors (Lipinski definition) is 6. The summed E-state index contributed by atoms with van der Waals surface area (Å²) in [7, 11) is 4.42. The molecule has 2 rings (SSSR count). The first-order chi connectivity index (χ1) is 13.2. The summed E-state index contributed by atoms with van der Waals surface area (Å²) < 4.78 is 16.8. The second-order valence-electron chi connectivity index (χ2n) is 6.56. The van der Waals surface area contributed by atoms with Gasteiger partial charge in [0.05, 0.1) is 26.0 Å². The van der Waals surface area contributed by atoms with E-state index in [1.54, 1.807) is 44.5 Å². The maximum atomic E-state index is 13.3. The van der Waals surface area contributed by atoms with Gasteiger partial charge in [-0.2, -0.15) is 0 Å². The van der Waals surface area contributed by atoms with Gasteiger partial charge < -0.3 is 23.4 Å². The summed E-state index contributed by atoms with van der Waals surface area (Å²) in [6.07, 6.45) is 1.51. The average Bonchev–Trinajstić information content (AvgIpc) is 3.25. The Morgan fingerprint density at radius 1 is 1.25 bits per heavy atom. The van der Waals surface area contributed by atoms with E-state index in [1.807, 2.05) is 0 Å². The summed E-state index contributed by atoms with van der Waals surface area (Å²) in [5.74, 6) is -0.561. The van der Waals surface area contributed by atoms with Crippen molar-refractivity contribution in [3.63, 3.8) is 0 Å². The van der Waals surface area contributed by atoms with E-state index < -0.39 is 12.0 Å². The number of hydrogen-bond donors (Lipinski definition) is 0. The molecule has 2 aromatic rings. The average molecular weight is 390 g/mol. The van der Waals surface area contributed by atoms with E-state index >= 15 is 0 Å². The normalized spacial score (nSPS) is 11.9. The lowest BCUT2D eigenvalue weighted by Crippen LogP contribution is -2.44. The third-order valence-electron chi connectivity index (χ3n) is 4.90. The van der Waals surface area contributed by atoms with Crippen molar-refractivity contribution in [2.24, 2.45) is 7.05 Å². The van der Waals surface area contributed by atoms with Gasteiger partial charge in [0.15, 0.2) is 5.78 Å². The van der Waals surface area contributed by atoms with Crippen LogP contribution in [0.15, 0.2) is 22.8 Å². The number of rotatable bonds is 8. The van der Waals surface area contributed by atoms with E-state index in [9.17, 15) is 14.4 Å². The van der Waals surface area contributed by atoms with Crippen LogP contribution in [0.5, 0.6) is 0 Å². The number of amides is 1. The zero-order valence-electron chi connectivity index (χ0n) is 17.1. The fourth-order valence-corrected chi connectivity index (χ4v) is 3.29. The van der Waals surface area contributed by atoms with E-state index in [0.717, 1.165) is 0 Å². The molecule has 1 unspecified atom stereocenters. The van der Waals surface area contributed by atoms with Crippen LogP contribution in [0.3, 0.4) is 0 Å². The molecule has 28 heavy (non-hydrogen) atoms. The number of carbonyl (C=O) groups excluding carboxylic acids is 3. The van der Waals surface area contributed by atoms with Crippen LogP contribution in [0.1, 0.15) is 44.8 Å². The van der Waals surface area contributed by atoms with Crippen LogP contribution in [-0.4, -0.2) is 54.0 Å². The topological polar surface area (TPSA) is 91.0 Å². The van der Waals surface area contributed by atoms with Crippen molar-refractivity contribution in [2.45, 2.75) is 33.4 Å². The van der Waals surface area contributed by atoms with Gasteiger partial charge in [-0.1, -0.05) is 0 Å². The third-order valence-corrected chi connectivity index (χ3v) is 4.90. The molecule has 1 amide bonds. The summed E-state index contributed by atoms with van der Waals surface area (Å²) in [6, 6.07) is 2.67. The highest BCUT2D eigenvalue weighted by atomic mass is 16.5. The molecule has 0 saturated heterocycles. The molecule has 0 aliphatic rings. The van der Waals surface area contributed by atoms with Gasteiger partial charge in [0.1, 0.15) is 18.1 Å². The zero-order valence-corrected chi connectivity index (χ0v) is 17.1. The first-order valence-corrected chi connectivity index (χ1v) is 8.83. The number of furan rings is 1. The van der Waals surface area contributed by atoms with Gasteiger partial charge in [-0.25, -0.2) is 4.79 Å². The van der Waals surface area contributed by atoms with Crippen molar-refractivity contribution < 1.29 is 28.3 Å². The zero-order chi connectivity index (χ0) is 21.0. The molecule has 0 aliphatic heterocycles. The van der Waals surface area contributed by atoms with Crippen LogP contribution < -0.4 is 0 Å². The molecule has 0 saturated carbocycles. The minimum Gasteiger partial charge on any atom is -0.467 e. The van der Waals surface area contributed by atoms with Crippen molar-refractivity contribution in [1.82, 2.24) is 9.47 Å². The van der Waals surface area contributed by atoms with Crippen LogP contribution in [0.2, 0.25) is 0 Å². The number of esters is 1. The second kappa shape index (κ2) is 8.88. The fraction of sp³-hybridized carbons (Fsp3) is 0.450. The van der Waals surface area contributed by atoms with Gasteiger partial charge in [0.25, 0.3) is 0 Å².